The normalized spacial score (nSPS) is 12.0. The van der Waals surface area contributed by atoms with E-state index in [1.807, 2.05) is 0 Å². The summed E-state index contributed by atoms with van der Waals surface area (Å²) in [6, 6.07) is 1.13. The molecule has 0 spiro atoms. The van der Waals surface area contributed by atoms with Crippen LogP contribution < -0.4 is 5.73 Å². The molecule has 0 amide bonds. The SMILES string of the molecule is Cl.NCc1cc(-c2cnc(C(F)(F)F)nc2)nc(C(F)(F)F)n1. The first-order valence-corrected chi connectivity index (χ1v) is 5.66. The maximum Gasteiger partial charge on any atom is 0.451 e. The molecule has 0 saturated carbocycles. The number of aromatic nitrogens is 4. The van der Waals surface area contributed by atoms with Gasteiger partial charge in [-0.05, 0) is 6.07 Å². The minimum absolute atomic E-state index is 0. The molecule has 0 bridgehead atoms. The molecule has 2 N–H and O–H groups in total. The Labute approximate surface area is 131 Å². The van der Waals surface area contributed by atoms with E-state index in [9.17, 15) is 26.3 Å². The van der Waals surface area contributed by atoms with Crippen LogP contribution in [-0.4, -0.2) is 19.9 Å². The predicted octanol–water partition coefficient (Wildman–Crippen LogP) is 2.85. The topological polar surface area (TPSA) is 77.6 Å². The standard InChI is InChI=1S/C11H7F6N5.ClH/c12-10(13,14)8-19-3-5(4-20-8)7-1-6(2-18)21-9(22-7)11(15,16)17;/h1,3-4H,2,18H2;1H. The second-order valence-corrected chi connectivity index (χ2v) is 4.06. The molecule has 0 aliphatic rings. The Bertz CT molecular complexity index is 670. The van der Waals surface area contributed by atoms with Gasteiger partial charge in [-0.25, -0.2) is 19.9 Å². The van der Waals surface area contributed by atoms with Crippen LogP contribution in [0.15, 0.2) is 18.5 Å². The van der Waals surface area contributed by atoms with Crippen molar-refractivity contribution in [3.05, 3.63) is 35.8 Å². The fraction of sp³-hybridized carbons (Fsp3) is 0.273. The van der Waals surface area contributed by atoms with Gasteiger partial charge in [0.25, 0.3) is 0 Å². The van der Waals surface area contributed by atoms with Crippen molar-refractivity contribution in [2.45, 2.75) is 18.9 Å². The van der Waals surface area contributed by atoms with Gasteiger partial charge in [-0.15, -0.1) is 12.4 Å². The molecular weight excluding hydrogens is 352 g/mol. The number of alkyl halides is 6. The van der Waals surface area contributed by atoms with Crippen molar-refractivity contribution in [3.63, 3.8) is 0 Å². The molecule has 2 heterocycles. The Kier molecular flexibility index (Phi) is 5.48. The van der Waals surface area contributed by atoms with Gasteiger partial charge in [0.05, 0.1) is 11.4 Å². The Balaban J connectivity index is 0.00000264. The van der Waals surface area contributed by atoms with Crippen molar-refractivity contribution in [2.75, 3.05) is 0 Å². The highest BCUT2D eigenvalue weighted by Gasteiger charge is 2.36. The van der Waals surface area contributed by atoms with Crippen molar-refractivity contribution in [3.8, 4) is 11.3 Å². The Morgan fingerprint density at radius 3 is 1.83 bits per heavy atom. The maximum absolute atomic E-state index is 12.7. The van der Waals surface area contributed by atoms with Crippen molar-refractivity contribution in [1.29, 1.82) is 0 Å². The fourth-order valence-corrected chi connectivity index (χ4v) is 1.48. The molecule has 0 unspecified atom stereocenters. The van der Waals surface area contributed by atoms with E-state index in [1.54, 1.807) is 0 Å². The highest BCUT2D eigenvalue weighted by atomic mass is 35.5. The van der Waals surface area contributed by atoms with Crippen molar-refractivity contribution < 1.29 is 26.3 Å². The van der Waals surface area contributed by atoms with E-state index in [0.29, 0.717) is 0 Å². The molecule has 0 fully saturated rings. The Hall–Kier alpha value is -2.01. The van der Waals surface area contributed by atoms with Crippen LogP contribution in [0.4, 0.5) is 26.3 Å². The fourth-order valence-electron chi connectivity index (χ4n) is 1.48. The maximum atomic E-state index is 12.7. The number of hydrogen-bond donors (Lipinski definition) is 1. The predicted molar refractivity (Wildman–Crippen MR) is 68.2 cm³/mol. The van der Waals surface area contributed by atoms with E-state index in [-0.39, 0.29) is 35.9 Å². The quantitative estimate of drug-likeness (QED) is 0.834. The van der Waals surface area contributed by atoms with Gasteiger partial charge < -0.3 is 5.73 Å². The lowest BCUT2D eigenvalue weighted by Gasteiger charge is -2.10. The number of halogens is 7. The Morgan fingerprint density at radius 2 is 1.39 bits per heavy atom. The van der Waals surface area contributed by atoms with Crippen LogP contribution in [0.25, 0.3) is 11.3 Å². The third kappa shape index (κ3) is 4.48. The first-order chi connectivity index (χ1) is 10.1. The van der Waals surface area contributed by atoms with Crippen LogP contribution in [0, 0.1) is 0 Å². The molecule has 0 aromatic carbocycles. The van der Waals surface area contributed by atoms with Crippen LogP contribution >= 0.6 is 12.4 Å². The van der Waals surface area contributed by atoms with Crippen LogP contribution in [-0.2, 0) is 18.9 Å². The van der Waals surface area contributed by atoms with Gasteiger partial charge >= 0.3 is 12.4 Å². The third-order valence-electron chi connectivity index (χ3n) is 2.44. The summed E-state index contributed by atoms with van der Waals surface area (Å²) >= 11 is 0. The summed E-state index contributed by atoms with van der Waals surface area (Å²) in [5, 5.41) is 0. The molecule has 0 radical (unpaired) electrons. The zero-order valence-electron chi connectivity index (χ0n) is 11.0. The minimum Gasteiger partial charge on any atom is -0.325 e. The second kappa shape index (κ2) is 6.62. The monoisotopic (exact) mass is 359 g/mol. The molecule has 0 atom stereocenters. The van der Waals surface area contributed by atoms with Crippen LogP contribution in [0.3, 0.4) is 0 Å². The van der Waals surface area contributed by atoms with Gasteiger partial charge in [-0.2, -0.15) is 26.3 Å². The van der Waals surface area contributed by atoms with E-state index in [2.05, 4.69) is 19.9 Å². The average Bonchev–Trinajstić information content (AvgIpc) is 2.45. The van der Waals surface area contributed by atoms with Gasteiger partial charge in [-0.1, -0.05) is 0 Å². The molecule has 5 nitrogen and oxygen atoms in total. The van der Waals surface area contributed by atoms with Gasteiger partial charge in [0.15, 0.2) is 0 Å². The van der Waals surface area contributed by atoms with E-state index in [4.69, 9.17) is 5.73 Å². The molecule has 2 rings (SSSR count). The summed E-state index contributed by atoms with van der Waals surface area (Å²) in [6.07, 6.45) is -8.09. The summed E-state index contributed by atoms with van der Waals surface area (Å²) in [5.41, 5.74) is 4.76. The number of nitrogens with two attached hydrogens (primary N) is 1. The zero-order valence-corrected chi connectivity index (χ0v) is 11.8. The molecular formula is C11H8ClF6N5. The van der Waals surface area contributed by atoms with Gasteiger partial charge in [-0.3, -0.25) is 0 Å². The van der Waals surface area contributed by atoms with Crippen LogP contribution in [0.5, 0.6) is 0 Å². The van der Waals surface area contributed by atoms with Crippen LogP contribution in [0.2, 0.25) is 0 Å². The first-order valence-electron chi connectivity index (χ1n) is 5.66. The molecule has 2 aromatic heterocycles. The lowest BCUT2D eigenvalue weighted by atomic mass is 10.2. The zero-order chi connectivity index (χ0) is 16.5. The summed E-state index contributed by atoms with van der Waals surface area (Å²) in [5.74, 6) is -2.84. The number of nitrogens with zero attached hydrogens (tertiary/aromatic N) is 4. The molecule has 12 heteroatoms. The second-order valence-electron chi connectivity index (χ2n) is 4.06. The van der Waals surface area contributed by atoms with E-state index < -0.39 is 24.0 Å². The van der Waals surface area contributed by atoms with E-state index in [0.717, 1.165) is 18.5 Å². The van der Waals surface area contributed by atoms with Crippen LogP contribution in [0.1, 0.15) is 17.3 Å². The lowest BCUT2D eigenvalue weighted by molar-refractivity contribution is -0.145. The summed E-state index contributed by atoms with van der Waals surface area (Å²) < 4.78 is 75.1. The Morgan fingerprint density at radius 1 is 0.870 bits per heavy atom. The number of rotatable bonds is 2. The molecule has 0 saturated heterocycles. The van der Waals surface area contributed by atoms with Gasteiger partial charge in [0, 0.05) is 24.5 Å². The van der Waals surface area contributed by atoms with Gasteiger partial charge in [0.1, 0.15) is 0 Å². The summed E-state index contributed by atoms with van der Waals surface area (Å²) in [6.45, 7) is -0.292. The molecule has 2 aromatic rings. The summed E-state index contributed by atoms with van der Waals surface area (Å²) in [4.78, 5) is 12.6. The first kappa shape index (κ1) is 19.0. The van der Waals surface area contributed by atoms with E-state index >= 15 is 0 Å². The van der Waals surface area contributed by atoms with E-state index in [1.165, 1.54) is 0 Å². The smallest absolute Gasteiger partial charge is 0.325 e. The highest BCUT2D eigenvalue weighted by Crippen LogP contribution is 2.29. The summed E-state index contributed by atoms with van der Waals surface area (Å²) in [7, 11) is 0. The number of hydrogen-bond acceptors (Lipinski definition) is 5. The van der Waals surface area contributed by atoms with Crippen molar-refractivity contribution in [2.24, 2.45) is 5.73 Å². The third-order valence-corrected chi connectivity index (χ3v) is 2.44. The molecule has 0 aliphatic heterocycles. The van der Waals surface area contributed by atoms with Gasteiger partial charge in [0.2, 0.25) is 11.6 Å². The average molecular weight is 360 g/mol. The molecule has 23 heavy (non-hydrogen) atoms. The molecule has 126 valence electrons. The largest absolute Gasteiger partial charge is 0.451 e. The van der Waals surface area contributed by atoms with Crippen molar-refractivity contribution >= 4 is 12.4 Å². The highest BCUT2D eigenvalue weighted by molar-refractivity contribution is 5.85. The molecule has 0 aliphatic carbocycles. The minimum atomic E-state index is -4.81. The van der Waals surface area contributed by atoms with Crippen molar-refractivity contribution in [1.82, 2.24) is 19.9 Å². The lowest BCUT2D eigenvalue weighted by Crippen LogP contribution is -2.15.